The molecule has 0 aliphatic carbocycles. The molecule has 0 saturated carbocycles. The number of carbonyl (C=O) groups excluding carboxylic acids is 1. The molecule has 0 aliphatic heterocycles. The Hall–Kier alpha value is -0.540. The minimum atomic E-state index is -4.51. The molecule has 0 aromatic carbocycles. The van der Waals surface area contributed by atoms with Crippen molar-refractivity contribution >= 4 is 13.8 Å². The average Bonchev–Trinajstić information content (AvgIpc) is 3.12. The summed E-state index contributed by atoms with van der Waals surface area (Å²) in [7, 11) is -4.51. The molecule has 0 heterocycles. The molecule has 51 heavy (non-hydrogen) atoms. The van der Waals surface area contributed by atoms with Gasteiger partial charge in [-0.05, 0) is 12.8 Å². The first-order chi connectivity index (χ1) is 24.8. The molecule has 0 rings (SSSR count). The molecule has 3 N–H and O–H groups in total. The maximum absolute atomic E-state index is 12.6. The quantitative estimate of drug-likeness (QED) is 0.0317. The third-order valence-corrected chi connectivity index (χ3v) is 10.5. The standard InChI is InChI=1S/C41H83O9P/c1-3-5-7-9-11-13-15-17-19-20-21-23-25-27-29-31-33-41(44)50-40(38-49-51(45,46)48-36-39(43)35-42)37-47-34-32-30-28-26-24-22-18-16-14-12-10-8-6-4-2/h39-40,42-43H,3-38H2,1-2H3,(H,45,46). The minimum Gasteiger partial charge on any atom is -0.457 e. The van der Waals surface area contributed by atoms with Crippen LogP contribution >= 0.6 is 7.82 Å². The molecule has 0 spiro atoms. The molecule has 0 bridgehead atoms. The maximum Gasteiger partial charge on any atom is 0.472 e. The summed E-state index contributed by atoms with van der Waals surface area (Å²) in [4.78, 5) is 22.5. The summed E-state index contributed by atoms with van der Waals surface area (Å²) >= 11 is 0. The first-order valence-corrected chi connectivity index (χ1v) is 23.0. The van der Waals surface area contributed by atoms with E-state index in [1.165, 1.54) is 161 Å². The number of aliphatic hydroxyl groups is 2. The van der Waals surface area contributed by atoms with E-state index in [1.807, 2.05) is 0 Å². The van der Waals surface area contributed by atoms with Gasteiger partial charge >= 0.3 is 13.8 Å². The number of phosphoric acid groups is 1. The van der Waals surface area contributed by atoms with Crippen molar-refractivity contribution in [2.75, 3.05) is 33.0 Å². The molecule has 0 aliphatic rings. The van der Waals surface area contributed by atoms with E-state index in [0.29, 0.717) is 6.61 Å². The fraction of sp³-hybridized carbons (Fsp3) is 0.976. The van der Waals surface area contributed by atoms with E-state index in [4.69, 9.17) is 23.6 Å². The van der Waals surface area contributed by atoms with Crippen molar-refractivity contribution in [3.63, 3.8) is 0 Å². The SMILES string of the molecule is CCCCCCCCCCCCCCCCCCC(=O)OC(COCCCCCCCCCCCCCCCC)COP(=O)(O)OCC(O)CO. The molecule has 3 unspecified atom stereocenters. The topological polar surface area (TPSA) is 132 Å². The molecule has 306 valence electrons. The van der Waals surface area contributed by atoms with E-state index in [0.717, 1.165) is 32.1 Å². The van der Waals surface area contributed by atoms with E-state index in [9.17, 15) is 19.4 Å². The number of unbranched alkanes of at least 4 members (excludes halogenated alkanes) is 28. The Morgan fingerprint density at radius 2 is 0.882 bits per heavy atom. The van der Waals surface area contributed by atoms with Gasteiger partial charge in [-0.3, -0.25) is 13.8 Å². The summed E-state index contributed by atoms with van der Waals surface area (Å²) in [5.41, 5.74) is 0. The van der Waals surface area contributed by atoms with Crippen LogP contribution in [0, 0.1) is 0 Å². The lowest BCUT2D eigenvalue weighted by Gasteiger charge is -2.20. The van der Waals surface area contributed by atoms with Crippen LogP contribution in [0.2, 0.25) is 0 Å². The van der Waals surface area contributed by atoms with Crippen LogP contribution in [0.15, 0.2) is 0 Å². The van der Waals surface area contributed by atoms with Gasteiger partial charge in [0.05, 0.1) is 26.4 Å². The third kappa shape index (κ3) is 39.0. The summed E-state index contributed by atoms with van der Waals surface area (Å²) in [6, 6.07) is 0. The molecule has 0 aromatic heterocycles. The summed E-state index contributed by atoms with van der Waals surface area (Å²) < 4.78 is 33.3. The zero-order chi connectivity index (χ0) is 37.5. The first-order valence-electron chi connectivity index (χ1n) is 21.5. The Morgan fingerprint density at radius 1 is 0.529 bits per heavy atom. The Bertz CT molecular complexity index is 769. The highest BCUT2D eigenvalue weighted by Gasteiger charge is 2.26. The van der Waals surface area contributed by atoms with Crippen LogP contribution in [0.4, 0.5) is 0 Å². The normalized spacial score (nSPS) is 14.1. The number of esters is 1. The average molecular weight is 751 g/mol. The Labute approximate surface area is 314 Å². The van der Waals surface area contributed by atoms with Gasteiger partial charge in [0.1, 0.15) is 12.2 Å². The smallest absolute Gasteiger partial charge is 0.457 e. The van der Waals surface area contributed by atoms with Crippen LogP contribution in [-0.2, 0) is 27.9 Å². The second-order valence-electron chi connectivity index (χ2n) is 14.7. The summed E-state index contributed by atoms with van der Waals surface area (Å²) in [6.07, 6.45) is 36.2. The van der Waals surface area contributed by atoms with Gasteiger partial charge in [0, 0.05) is 13.0 Å². The number of rotatable bonds is 42. The lowest BCUT2D eigenvalue weighted by molar-refractivity contribution is -0.154. The van der Waals surface area contributed by atoms with E-state index in [1.54, 1.807) is 0 Å². The van der Waals surface area contributed by atoms with Crippen molar-refractivity contribution in [1.29, 1.82) is 0 Å². The number of ether oxygens (including phenoxy) is 2. The lowest BCUT2D eigenvalue weighted by atomic mass is 10.0. The van der Waals surface area contributed by atoms with Gasteiger partial charge in [0.15, 0.2) is 0 Å². The molecule has 0 radical (unpaired) electrons. The van der Waals surface area contributed by atoms with Gasteiger partial charge in [-0.2, -0.15) is 0 Å². The van der Waals surface area contributed by atoms with Crippen LogP contribution in [0.3, 0.4) is 0 Å². The van der Waals surface area contributed by atoms with E-state index in [-0.39, 0.29) is 25.6 Å². The first kappa shape index (κ1) is 50.5. The molecule has 9 nitrogen and oxygen atoms in total. The highest BCUT2D eigenvalue weighted by molar-refractivity contribution is 7.47. The van der Waals surface area contributed by atoms with Crippen molar-refractivity contribution in [2.24, 2.45) is 0 Å². The molecule has 0 aromatic rings. The van der Waals surface area contributed by atoms with Crippen molar-refractivity contribution in [3.8, 4) is 0 Å². The van der Waals surface area contributed by atoms with E-state index < -0.39 is 33.2 Å². The second kappa shape index (κ2) is 39.2. The molecule has 10 heteroatoms. The van der Waals surface area contributed by atoms with Crippen LogP contribution in [0.5, 0.6) is 0 Å². The molecule has 0 fully saturated rings. The van der Waals surface area contributed by atoms with Gasteiger partial charge < -0.3 is 24.6 Å². The number of carbonyl (C=O) groups is 1. The molecular weight excluding hydrogens is 667 g/mol. The number of hydrogen-bond donors (Lipinski definition) is 3. The predicted octanol–water partition coefficient (Wildman–Crippen LogP) is 11.5. The highest BCUT2D eigenvalue weighted by Crippen LogP contribution is 2.43. The maximum atomic E-state index is 12.6. The lowest BCUT2D eigenvalue weighted by Crippen LogP contribution is -2.29. The predicted molar refractivity (Wildman–Crippen MR) is 210 cm³/mol. The molecule has 0 amide bonds. The van der Waals surface area contributed by atoms with Gasteiger partial charge in [0.25, 0.3) is 0 Å². The van der Waals surface area contributed by atoms with Gasteiger partial charge in [-0.25, -0.2) is 4.57 Å². The van der Waals surface area contributed by atoms with Crippen LogP contribution < -0.4 is 0 Å². The van der Waals surface area contributed by atoms with Crippen molar-refractivity contribution in [2.45, 2.75) is 225 Å². The van der Waals surface area contributed by atoms with Crippen LogP contribution in [0.1, 0.15) is 213 Å². The Morgan fingerprint density at radius 3 is 1.27 bits per heavy atom. The van der Waals surface area contributed by atoms with Crippen molar-refractivity contribution in [1.82, 2.24) is 0 Å². The monoisotopic (exact) mass is 751 g/mol. The molecular formula is C41H83O9P. The van der Waals surface area contributed by atoms with Gasteiger partial charge in [-0.1, -0.05) is 194 Å². The third-order valence-electron chi connectivity index (χ3n) is 9.54. The zero-order valence-electron chi connectivity index (χ0n) is 33.3. The number of hydrogen-bond acceptors (Lipinski definition) is 8. The van der Waals surface area contributed by atoms with Gasteiger partial charge in [-0.15, -0.1) is 0 Å². The minimum absolute atomic E-state index is 0.0579. The largest absolute Gasteiger partial charge is 0.472 e. The Balaban J connectivity index is 4.12. The van der Waals surface area contributed by atoms with Crippen LogP contribution in [0.25, 0.3) is 0 Å². The number of phosphoric ester groups is 1. The summed E-state index contributed by atoms with van der Waals surface area (Å²) in [5.74, 6) is -0.376. The van der Waals surface area contributed by atoms with E-state index in [2.05, 4.69) is 13.8 Å². The fourth-order valence-corrected chi connectivity index (χ4v) is 7.03. The van der Waals surface area contributed by atoms with E-state index >= 15 is 0 Å². The van der Waals surface area contributed by atoms with Crippen molar-refractivity contribution < 1.29 is 43.0 Å². The molecule has 0 saturated heterocycles. The van der Waals surface area contributed by atoms with Gasteiger partial charge in [0.2, 0.25) is 0 Å². The Kier molecular flexibility index (Phi) is 38.7. The summed E-state index contributed by atoms with van der Waals surface area (Å²) in [5, 5.41) is 18.3. The summed E-state index contributed by atoms with van der Waals surface area (Å²) in [6.45, 7) is 3.57. The molecule has 3 atom stereocenters. The fourth-order valence-electron chi connectivity index (χ4n) is 6.24. The number of aliphatic hydroxyl groups excluding tert-OH is 2. The highest BCUT2D eigenvalue weighted by atomic mass is 31.2. The van der Waals surface area contributed by atoms with Crippen molar-refractivity contribution in [3.05, 3.63) is 0 Å². The van der Waals surface area contributed by atoms with Crippen LogP contribution in [-0.4, -0.2) is 66.3 Å². The zero-order valence-corrected chi connectivity index (χ0v) is 34.2. The second-order valence-corrected chi connectivity index (χ2v) is 16.2.